The molecule has 0 bridgehead atoms. The van der Waals surface area contributed by atoms with Gasteiger partial charge in [-0.15, -0.1) is 0 Å². The van der Waals surface area contributed by atoms with Crippen molar-refractivity contribution in [2.24, 2.45) is 0 Å². The number of carboxylic acids is 2. The minimum absolute atomic E-state index is 0.0747. The lowest BCUT2D eigenvalue weighted by Gasteiger charge is -2.24. The third-order valence-corrected chi connectivity index (χ3v) is 3.28. The van der Waals surface area contributed by atoms with E-state index in [9.17, 15) is 19.2 Å². The first-order chi connectivity index (χ1) is 12.5. The maximum absolute atomic E-state index is 12.5. The predicted octanol–water partition coefficient (Wildman–Crippen LogP) is 1.17. The number of carbonyl (C=O) groups is 4. The van der Waals surface area contributed by atoms with E-state index in [1.165, 1.54) is 0 Å². The monoisotopic (exact) mass is 380 g/mol. The molecule has 0 radical (unpaired) electrons. The molecule has 2 amide bonds. The van der Waals surface area contributed by atoms with E-state index in [1.54, 1.807) is 51.1 Å². The molecule has 0 aliphatic heterocycles. The van der Waals surface area contributed by atoms with Gasteiger partial charge in [-0.1, -0.05) is 30.3 Å². The molecule has 148 valence electrons. The van der Waals surface area contributed by atoms with E-state index in [0.717, 1.165) is 5.56 Å². The van der Waals surface area contributed by atoms with E-state index < -0.39 is 48.0 Å². The van der Waals surface area contributed by atoms with Crippen LogP contribution in [0.3, 0.4) is 0 Å². The second-order valence-electron chi connectivity index (χ2n) is 6.89. The Kier molecular flexibility index (Phi) is 7.77. The smallest absolute Gasteiger partial charge is 0.408 e. The number of alkyl carbamates (subject to hydrolysis) is 1. The van der Waals surface area contributed by atoms with Crippen LogP contribution in [0.25, 0.3) is 0 Å². The maximum Gasteiger partial charge on any atom is 0.408 e. The van der Waals surface area contributed by atoms with Crippen molar-refractivity contribution >= 4 is 23.9 Å². The molecule has 0 saturated heterocycles. The number of ether oxygens (including phenoxy) is 1. The highest BCUT2D eigenvalue weighted by Gasteiger charge is 2.29. The molecule has 9 heteroatoms. The fourth-order valence-electron chi connectivity index (χ4n) is 2.16. The molecule has 1 aromatic carbocycles. The van der Waals surface area contributed by atoms with E-state index >= 15 is 0 Å². The first kappa shape index (κ1) is 21.9. The largest absolute Gasteiger partial charge is 0.481 e. The molecule has 0 aromatic heterocycles. The van der Waals surface area contributed by atoms with Crippen molar-refractivity contribution in [3.8, 4) is 0 Å². The minimum atomic E-state index is -1.62. The molecule has 0 aliphatic rings. The van der Waals surface area contributed by atoms with Crippen LogP contribution in [-0.2, 0) is 25.5 Å². The van der Waals surface area contributed by atoms with Crippen LogP contribution < -0.4 is 10.6 Å². The average Bonchev–Trinajstić information content (AvgIpc) is 2.52. The lowest BCUT2D eigenvalue weighted by atomic mass is 10.0. The standard InChI is InChI=1S/C18H24N2O7/c1-18(2,3)27-17(26)20-12(9-11-7-5-4-6-8-11)15(23)19-13(16(24)25)10-14(21)22/h4-8,12-13H,9-10H2,1-3H3,(H,19,23)(H,20,26)(H,21,22)(H,24,25)/t12-,13-/m0/s1. The molecule has 0 unspecified atom stereocenters. The van der Waals surface area contributed by atoms with Gasteiger partial charge in [0.15, 0.2) is 0 Å². The normalized spacial score (nSPS) is 13.1. The Hall–Kier alpha value is -3.10. The highest BCUT2D eigenvalue weighted by molar-refractivity contribution is 5.91. The van der Waals surface area contributed by atoms with Gasteiger partial charge >= 0.3 is 18.0 Å². The van der Waals surface area contributed by atoms with Crippen molar-refractivity contribution in [3.63, 3.8) is 0 Å². The van der Waals surface area contributed by atoms with Crippen molar-refractivity contribution < 1.29 is 34.1 Å². The number of benzene rings is 1. The Balaban J connectivity index is 2.94. The third-order valence-electron chi connectivity index (χ3n) is 3.28. The van der Waals surface area contributed by atoms with E-state index in [0.29, 0.717) is 0 Å². The fraction of sp³-hybridized carbons (Fsp3) is 0.444. The van der Waals surface area contributed by atoms with Crippen molar-refractivity contribution in [2.45, 2.75) is 51.3 Å². The van der Waals surface area contributed by atoms with Gasteiger partial charge in [-0.3, -0.25) is 9.59 Å². The van der Waals surface area contributed by atoms with Crippen LogP contribution >= 0.6 is 0 Å². The second-order valence-corrected chi connectivity index (χ2v) is 6.89. The molecule has 27 heavy (non-hydrogen) atoms. The van der Waals surface area contributed by atoms with E-state index in [2.05, 4.69) is 10.6 Å². The van der Waals surface area contributed by atoms with E-state index in [1.807, 2.05) is 0 Å². The van der Waals surface area contributed by atoms with Crippen LogP contribution in [0.4, 0.5) is 4.79 Å². The van der Waals surface area contributed by atoms with Crippen molar-refractivity contribution in [1.82, 2.24) is 10.6 Å². The number of nitrogens with one attached hydrogen (secondary N) is 2. The molecule has 0 spiro atoms. The van der Waals surface area contributed by atoms with Crippen LogP contribution in [0.15, 0.2) is 30.3 Å². The van der Waals surface area contributed by atoms with Gasteiger partial charge in [0, 0.05) is 6.42 Å². The lowest BCUT2D eigenvalue weighted by Crippen LogP contribution is -2.53. The molecule has 1 rings (SSSR count). The number of rotatable bonds is 8. The summed E-state index contributed by atoms with van der Waals surface area (Å²) in [6, 6.07) is 6.01. The summed E-state index contributed by atoms with van der Waals surface area (Å²) in [5.74, 6) is -3.68. The Morgan fingerprint density at radius 1 is 1.00 bits per heavy atom. The van der Waals surface area contributed by atoms with Crippen molar-refractivity contribution in [2.75, 3.05) is 0 Å². The molecule has 1 aromatic rings. The molecule has 0 heterocycles. The fourth-order valence-corrected chi connectivity index (χ4v) is 2.16. The van der Waals surface area contributed by atoms with Crippen LogP contribution in [0.1, 0.15) is 32.8 Å². The molecule has 4 N–H and O–H groups in total. The summed E-state index contributed by atoms with van der Waals surface area (Å²) in [4.78, 5) is 46.5. The highest BCUT2D eigenvalue weighted by Crippen LogP contribution is 2.09. The Morgan fingerprint density at radius 3 is 2.07 bits per heavy atom. The molecule has 0 saturated carbocycles. The van der Waals surface area contributed by atoms with Gasteiger partial charge in [-0.25, -0.2) is 9.59 Å². The van der Waals surface area contributed by atoms with E-state index in [4.69, 9.17) is 14.9 Å². The number of amides is 2. The van der Waals surface area contributed by atoms with Gasteiger partial charge in [-0.05, 0) is 26.3 Å². The van der Waals surface area contributed by atoms with Gasteiger partial charge in [0.25, 0.3) is 0 Å². The summed E-state index contributed by atoms with van der Waals surface area (Å²) in [7, 11) is 0. The molecule has 0 aliphatic carbocycles. The zero-order valence-electron chi connectivity index (χ0n) is 15.4. The SMILES string of the molecule is CC(C)(C)OC(=O)N[C@@H](Cc1ccccc1)C(=O)N[C@@H](CC(=O)O)C(=O)O. The average molecular weight is 380 g/mol. The number of aliphatic carboxylic acids is 2. The van der Waals surface area contributed by atoms with Gasteiger partial charge in [-0.2, -0.15) is 0 Å². The topological polar surface area (TPSA) is 142 Å². The third kappa shape index (κ3) is 8.70. The molecule has 2 atom stereocenters. The summed E-state index contributed by atoms with van der Waals surface area (Å²) in [5, 5.41) is 22.4. The van der Waals surface area contributed by atoms with Gasteiger partial charge in [0.1, 0.15) is 17.7 Å². The summed E-state index contributed by atoms with van der Waals surface area (Å²) >= 11 is 0. The lowest BCUT2D eigenvalue weighted by molar-refractivity contribution is -0.147. The predicted molar refractivity (Wildman–Crippen MR) is 95.1 cm³/mol. The van der Waals surface area contributed by atoms with Crippen LogP contribution in [0.2, 0.25) is 0 Å². The number of hydrogen-bond donors (Lipinski definition) is 4. The zero-order chi connectivity index (χ0) is 20.6. The number of carboxylic acid groups (broad SMARTS) is 2. The number of carbonyl (C=O) groups excluding carboxylic acids is 2. The van der Waals surface area contributed by atoms with Crippen LogP contribution in [0, 0.1) is 0 Å². The molecular weight excluding hydrogens is 356 g/mol. The Morgan fingerprint density at radius 2 is 1.59 bits per heavy atom. The quantitative estimate of drug-likeness (QED) is 0.530. The van der Waals surface area contributed by atoms with Gasteiger partial charge < -0.3 is 25.6 Å². The first-order valence-electron chi connectivity index (χ1n) is 8.26. The van der Waals surface area contributed by atoms with E-state index in [-0.39, 0.29) is 6.42 Å². The summed E-state index contributed by atoms with van der Waals surface area (Å²) in [6.45, 7) is 4.98. The second kappa shape index (κ2) is 9.56. The van der Waals surface area contributed by atoms with Crippen molar-refractivity contribution in [3.05, 3.63) is 35.9 Å². The van der Waals surface area contributed by atoms with Gasteiger partial charge in [0.05, 0.1) is 6.42 Å². The molecular formula is C18H24N2O7. The first-order valence-corrected chi connectivity index (χ1v) is 8.26. The molecule has 9 nitrogen and oxygen atoms in total. The summed E-state index contributed by atoms with van der Waals surface area (Å²) in [5.41, 5.74) is -0.0658. The van der Waals surface area contributed by atoms with Crippen molar-refractivity contribution in [1.29, 1.82) is 0 Å². The minimum Gasteiger partial charge on any atom is -0.481 e. The summed E-state index contributed by atoms with van der Waals surface area (Å²) < 4.78 is 5.13. The van der Waals surface area contributed by atoms with Crippen LogP contribution in [-0.4, -0.2) is 51.8 Å². The Labute approximate surface area is 156 Å². The highest BCUT2D eigenvalue weighted by atomic mass is 16.6. The zero-order valence-corrected chi connectivity index (χ0v) is 15.4. The summed E-state index contributed by atoms with van der Waals surface area (Å²) in [6.07, 6.45) is -1.56. The van der Waals surface area contributed by atoms with Crippen LogP contribution in [0.5, 0.6) is 0 Å². The number of hydrogen-bond acceptors (Lipinski definition) is 5. The Bertz CT molecular complexity index is 683. The molecule has 0 fully saturated rings. The van der Waals surface area contributed by atoms with Gasteiger partial charge in [0.2, 0.25) is 5.91 Å². The maximum atomic E-state index is 12.5.